The van der Waals surface area contributed by atoms with E-state index in [1.807, 2.05) is 24.3 Å². The fourth-order valence-corrected chi connectivity index (χ4v) is 2.04. The molecule has 0 saturated heterocycles. The normalized spacial score (nSPS) is 10.5. The number of carbonyl (C=O) groups is 2. The number of rotatable bonds is 5. The van der Waals surface area contributed by atoms with E-state index in [1.54, 1.807) is 43.5 Å². The van der Waals surface area contributed by atoms with Gasteiger partial charge in [0.1, 0.15) is 0 Å². The molecule has 2 rings (SSSR count). The lowest BCUT2D eigenvalue weighted by Crippen LogP contribution is -2.30. The van der Waals surface area contributed by atoms with E-state index in [-0.39, 0.29) is 12.5 Å². The third-order valence-electron chi connectivity index (χ3n) is 3.16. The van der Waals surface area contributed by atoms with E-state index >= 15 is 0 Å². The van der Waals surface area contributed by atoms with Gasteiger partial charge in [0.15, 0.2) is 6.61 Å². The van der Waals surface area contributed by atoms with Gasteiger partial charge < -0.3 is 9.64 Å². The highest BCUT2D eigenvalue weighted by Crippen LogP contribution is 2.16. The third kappa shape index (κ3) is 4.97. The number of hydrogen-bond acceptors (Lipinski definition) is 3. The molecule has 4 nitrogen and oxygen atoms in total. The lowest BCUT2D eigenvalue weighted by Gasteiger charge is -2.16. The average molecular weight is 330 g/mol. The van der Waals surface area contributed by atoms with Crippen LogP contribution in [0.1, 0.15) is 5.56 Å². The van der Waals surface area contributed by atoms with E-state index in [4.69, 9.17) is 16.3 Å². The minimum Gasteiger partial charge on any atom is -0.452 e. The van der Waals surface area contributed by atoms with Crippen molar-refractivity contribution in [3.05, 3.63) is 71.3 Å². The Balaban J connectivity index is 1.87. The number of nitrogens with zero attached hydrogens (tertiary/aromatic N) is 1. The lowest BCUT2D eigenvalue weighted by molar-refractivity contribution is -0.142. The molecule has 2 aromatic rings. The summed E-state index contributed by atoms with van der Waals surface area (Å²) < 4.78 is 4.95. The van der Waals surface area contributed by atoms with Gasteiger partial charge in [-0.3, -0.25) is 4.79 Å². The number of anilines is 1. The molecule has 0 spiro atoms. The summed E-state index contributed by atoms with van der Waals surface area (Å²) in [4.78, 5) is 25.1. The summed E-state index contributed by atoms with van der Waals surface area (Å²) in [5, 5.41) is 0.538. The van der Waals surface area contributed by atoms with E-state index in [2.05, 4.69) is 0 Å². The van der Waals surface area contributed by atoms with Crippen LogP contribution in [0.4, 0.5) is 5.69 Å². The summed E-state index contributed by atoms with van der Waals surface area (Å²) in [5.41, 5.74) is 1.44. The molecule has 0 aliphatic carbocycles. The van der Waals surface area contributed by atoms with Crippen molar-refractivity contribution >= 4 is 35.2 Å². The number of carbonyl (C=O) groups excluding carboxylic acids is 2. The molecule has 1 amide bonds. The number of benzene rings is 2. The zero-order chi connectivity index (χ0) is 16.7. The first-order chi connectivity index (χ1) is 11.1. The van der Waals surface area contributed by atoms with Gasteiger partial charge >= 0.3 is 5.97 Å². The number of hydrogen-bond donors (Lipinski definition) is 0. The number of halogens is 1. The largest absolute Gasteiger partial charge is 0.452 e. The van der Waals surface area contributed by atoms with Gasteiger partial charge in [0.25, 0.3) is 5.91 Å². The molecule has 5 heteroatoms. The summed E-state index contributed by atoms with van der Waals surface area (Å²) in [5.74, 6) is -0.907. The van der Waals surface area contributed by atoms with Crippen LogP contribution in [0.15, 0.2) is 60.7 Å². The molecular formula is C18H16ClNO3. The molecule has 0 atom stereocenters. The van der Waals surface area contributed by atoms with E-state index in [1.165, 1.54) is 11.0 Å². The highest BCUT2D eigenvalue weighted by molar-refractivity contribution is 6.32. The maximum atomic E-state index is 12.0. The first kappa shape index (κ1) is 16.8. The molecule has 0 N–H and O–H groups in total. The van der Waals surface area contributed by atoms with Gasteiger partial charge in [-0.05, 0) is 29.8 Å². The second-order valence-corrected chi connectivity index (χ2v) is 5.16. The Morgan fingerprint density at radius 3 is 2.43 bits per heavy atom. The highest BCUT2D eigenvalue weighted by Gasteiger charge is 2.12. The van der Waals surface area contributed by atoms with Crippen LogP contribution in [-0.2, 0) is 14.3 Å². The molecule has 0 heterocycles. The quantitative estimate of drug-likeness (QED) is 0.622. The van der Waals surface area contributed by atoms with Crippen molar-refractivity contribution in [3.8, 4) is 0 Å². The first-order valence-electron chi connectivity index (χ1n) is 6.99. The lowest BCUT2D eigenvalue weighted by atomic mass is 10.2. The van der Waals surface area contributed by atoms with Gasteiger partial charge in [0.2, 0.25) is 0 Å². The van der Waals surface area contributed by atoms with E-state index in [9.17, 15) is 9.59 Å². The fraction of sp³-hybridized carbons (Fsp3) is 0.111. The highest BCUT2D eigenvalue weighted by atomic mass is 35.5. The summed E-state index contributed by atoms with van der Waals surface area (Å²) in [6.07, 6.45) is 2.80. The zero-order valence-corrected chi connectivity index (χ0v) is 13.4. The van der Waals surface area contributed by atoms with E-state index in [0.717, 1.165) is 5.69 Å². The van der Waals surface area contributed by atoms with Crippen LogP contribution < -0.4 is 4.90 Å². The van der Waals surface area contributed by atoms with Gasteiger partial charge in [-0.2, -0.15) is 0 Å². The fourth-order valence-electron chi connectivity index (χ4n) is 1.84. The van der Waals surface area contributed by atoms with Crippen LogP contribution in [0.3, 0.4) is 0 Å². The van der Waals surface area contributed by atoms with Crippen molar-refractivity contribution in [3.63, 3.8) is 0 Å². The number of ether oxygens (including phenoxy) is 1. The van der Waals surface area contributed by atoms with E-state index < -0.39 is 5.97 Å². The van der Waals surface area contributed by atoms with Gasteiger partial charge in [-0.15, -0.1) is 0 Å². The SMILES string of the molecule is CN(C(=O)COC(=O)C=Cc1ccccc1Cl)c1ccccc1. The van der Waals surface area contributed by atoms with Crippen molar-refractivity contribution in [1.82, 2.24) is 0 Å². The van der Waals surface area contributed by atoms with Crippen molar-refractivity contribution in [1.29, 1.82) is 0 Å². The second-order valence-electron chi connectivity index (χ2n) is 4.75. The smallest absolute Gasteiger partial charge is 0.331 e. The molecule has 0 radical (unpaired) electrons. The molecule has 23 heavy (non-hydrogen) atoms. The molecule has 2 aromatic carbocycles. The summed E-state index contributed by atoms with van der Waals surface area (Å²) in [6.45, 7) is -0.322. The summed E-state index contributed by atoms with van der Waals surface area (Å²) in [6, 6.07) is 16.3. The average Bonchev–Trinajstić information content (AvgIpc) is 2.59. The molecule has 0 saturated carbocycles. The van der Waals surface area contributed by atoms with Crippen molar-refractivity contribution in [2.75, 3.05) is 18.6 Å². The Labute approximate surface area is 139 Å². The molecular weight excluding hydrogens is 314 g/mol. The summed E-state index contributed by atoms with van der Waals surface area (Å²) in [7, 11) is 1.63. The van der Waals surface area contributed by atoms with Crippen molar-refractivity contribution < 1.29 is 14.3 Å². The Bertz CT molecular complexity index is 713. The third-order valence-corrected chi connectivity index (χ3v) is 3.50. The van der Waals surface area contributed by atoms with Crippen LogP contribution in [-0.4, -0.2) is 25.5 Å². The number of esters is 1. The predicted octanol–water partition coefficient (Wildman–Crippen LogP) is 3.56. The minimum absolute atomic E-state index is 0.310. The van der Waals surface area contributed by atoms with Gasteiger partial charge in [-0.1, -0.05) is 48.0 Å². The summed E-state index contributed by atoms with van der Waals surface area (Å²) >= 11 is 5.98. The predicted molar refractivity (Wildman–Crippen MR) is 91.3 cm³/mol. The Kier molecular flexibility index (Phi) is 5.94. The molecule has 0 fully saturated rings. The zero-order valence-electron chi connectivity index (χ0n) is 12.6. The standard InChI is InChI=1S/C18H16ClNO3/c1-20(15-8-3-2-4-9-15)17(21)13-23-18(22)12-11-14-7-5-6-10-16(14)19/h2-12H,13H2,1H3. The maximum absolute atomic E-state index is 12.0. The first-order valence-corrected chi connectivity index (χ1v) is 7.36. The maximum Gasteiger partial charge on any atom is 0.331 e. The monoisotopic (exact) mass is 329 g/mol. The Morgan fingerprint density at radius 1 is 1.09 bits per heavy atom. The Morgan fingerprint density at radius 2 is 1.74 bits per heavy atom. The van der Waals surface area contributed by atoms with Crippen LogP contribution in [0.2, 0.25) is 5.02 Å². The molecule has 118 valence electrons. The topological polar surface area (TPSA) is 46.6 Å². The molecule has 0 aliphatic rings. The van der Waals surface area contributed by atoms with E-state index in [0.29, 0.717) is 10.6 Å². The molecule has 0 aliphatic heterocycles. The number of amides is 1. The Hall–Kier alpha value is -2.59. The van der Waals surface area contributed by atoms with Crippen LogP contribution in [0, 0.1) is 0 Å². The van der Waals surface area contributed by atoms with Crippen LogP contribution in [0.5, 0.6) is 0 Å². The van der Waals surface area contributed by atoms with Gasteiger partial charge in [0.05, 0.1) is 0 Å². The molecule has 0 bridgehead atoms. The number of para-hydroxylation sites is 1. The second kappa shape index (κ2) is 8.15. The molecule has 0 unspecified atom stereocenters. The van der Waals surface area contributed by atoms with Crippen LogP contribution in [0.25, 0.3) is 6.08 Å². The van der Waals surface area contributed by atoms with Gasteiger partial charge in [-0.25, -0.2) is 4.79 Å². The van der Waals surface area contributed by atoms with Crippen molar-refractivity contribution in [2.45, 2.75) is 0 Å². The van der Waals surface area contributed by atoms with Gasteiger partial charge in [0, 0.05) is 23.8 Å². The van der Waals surface area contributed by atoms with Crippen molar-refractivity contribution in [2.24, 2.45) is 0 Å². The number of likely N-dealkylation sites (N-methyl/N-ethyl adjacent to an activating group) is 1. The van der Waals surface area contributed by atoms with Crippen LogP contribution >= 0.6 is 11.6 Å². The molecule has 0 aromatic heterocycles. The minimum atomic E-state index is -0.597.